The van der Waals surface area contributed by atoms with E-state index in [1.165, 1.54) is 0 Å². The smallest absolute Gasteiger partial charge is 0.266 e. The molecule has 0 spiro atoms. The molecule has 1 rings (SSSR count). The molecule has 86 valence electrons. The van der Waals surface area contributed by atoms with Gasteiger partial charge in [-0.25, -0.2) is 4.98 Å². The molecule has 1 aromatic rings. The van der Waals surface area contributed by atoms with Crippen LogP contribution in [0.3, 0.4) is 0 Å². The minimum Gasteiger partial charge on any atom is -0.317 e. The first kappa shape index (κ1) is 12.0. The van der Waals surface area contributed by atoms with Gasteiger partial charge in [-0.1, -0.05) is 26.2 Å². The maximum atomic E-state index is 7.40. The van der Waals surface area contributed by atoms with Crippen LogP contribution in [0.5, 0.6) is 0 Å². The summed E-state index contributed by atoms with van der Waals surface area (Å²) < 4.78 is 1.88. The van der Waals surface area contributed by atoms with Crippen LogP contribution in [0.15, 0.2) is 6.20 Å². The molecule has 16 heavy (non-hydrogen) atoms. The minimum absolute atomic E-state index is 0.00288. The van der Waals surface area contributed by atoms with Crippen LogP contribution in [0.1, 0.15) is 26.5 Å². The SMILES string of the molecule is [C-]#[N+]NC(=N)Nc1ncc(C(C)(C)C)n1C. The van der Waals surface area contributed by atoms with Crippen molar-refractivity contribution in [3.63, 3.8) is 0 Å². The Morgan fingerprint density at radius 1 is 1.56 bits per heavy atom. The van der Waals surface area contributed by atoms with E-state index in [2.05, 4.69) is 41.5 Å². The molecule has 3 N–H and O–H groups in total. The van der Waals surface area contributed by atoms with Crippen LogP contribution < -0.4 is 10.7 Å². The van der Waals surface area contributed by atoms with Crippen LogP contribution in [0.4, 0.5) is 5.95 Å². The highest BCUT2D eigenvalue weighted by atomic mass is 15.4. The average Bonchev–Trinajstić information content (AvgIpc) is 2.47. The Bertz CT molecular complexity index is 431. The zero-order valence-corrected chi connectivity index (χ0v) is 9.92. The molecular formula is C10H16N6. The summed E-state index contributed by atoms with van der Waals surface area (Å²) in [6.45, 7) is 12.8. The van der Waals surface area contributed by atoms with E-state index >= 15 is 0 Å². The van der Waals surface area contributed by atoms with Crippen molar-refractivity contribution in [2.75, 3.05) is 5.32 Å². The van der Waals surface area contributed by atoms with Gasteiger partial charge in [0.15, 0.2) is 0 Å². The first-order chi connectivity index (χ1) is 7.36. The highest BCUT2D eigenvalue weighted by Crippen LogP contribution is 2.23. The van der Waals surface area contributed by atoms with Gasteiger partial charge in [-0.3, -0.25) is 10.7 Å². The number of nitrogens with zero attached hydrogens (tertiary/aromatic N) is 3. The number of hydrogen-bond acceptors (Lipinski definition) is 2. The van der Waals surface area contributed by atoms with Crippen molar-refractivity contribution in [3.05, 3.63) is 23.4 Å². The molecule has 0 unspecified atom stereocenters. The Morgan fingerprint density at radius 3 is 2.62 bits per heavy atom. The van der Waals surface area contributed by atoms with Crippen LogP contribution in [-0.2, 0) is 12.5 Å². The van der Waals surface area contributed by atoms with Gasteiger partial charge in [0.2, 0.25) is 5.95 Å². The lowest BCUT2D eigenvalue weighted by atomic mass is 9.93. The predicted molar refractivity (Wildman–Crippen MR) is 63.0 cm³/mol. The second-order valence-electron chi connectivity index (χ2n) is 4.50. The molecule has 0 aliphatic carbocycles. The Labute approximate surface area is 95.0 Å². The molecule has 1 aromatic heterocycles. The van der Waals surface area contributed by atoms with Crippen molar-refractivity contribution in [3.8, 4) is 0 Å². The lowest BCUT2D eigenvalue weighted by Gasteiger charge is -2.19. The molecule has 0 saturated heterocycles. The number of aromatic nitrogens is 2. The molecule has 6 nitrogen and oxygen atoms in total. The third-order valence-corrected chi connectivity index (χ3v) is 2.16. The summed E-state index contributed by atoms with van der Waals surface area (Å²) >= 11 is 0. The molecule has 0 bridgehead atoms. The zero-order valence-electron chi connectivity index (χ0n) is 9.92. The van der Waals surface area contributed by atoms with E-state index < -0.39 is 0 Å². The number of rotatable bonds is 1. The molecule has 0 fully saturated rings. The van der Waals surface area contributed by atoms with E-state index in [0.29, 0.717) is 5.95 Å². The summed E-state index contributed by atoms with van der Waals surface area (Å²) in [5, 5.41) is 10.1. The molecule has 0 amide bonds. The third-order valence-electron chi connectivity index (χ3n) is 2.16. The van der Waals surface area contributed by atoms with Gasteiger partial charge in [-0.05, 0) is 0 Å². The Balaban J connectivity index is 2.90. The fourth-order valence-electron chi connectivity index (χ4n) is 1.42. The molecule has 0 aliphatic heterocycles. The number of guanidine groups is 1. The van der Waals surface area contributed by atoms with Crippen molar-refractivity contribution >= 4 is 11.9 Å². The molecule has 0 radical (unpaired) electrons. The van der Waals surface area contributed by atoms with E-state index in [-0.39, 0.29) is 11.4 Å². The monoisotopic (exact) mass is 220 g/mol. The largest absolute Gasteiger partial charge is 0.317 e. The zero-order chi connectivity index (χ0) is 12.3. The molecule has 0 aliphatic rings. The van der Waals surface area contributed by atoms with Gasteiger partial charge in [-0.2, -0.15) is 11.5 Å². The minimum atomic E-state index is -0.0795. The second kappa shape index (κ2) is 4.23. The maximum absolute atomic E-state index is 7.40. The first-order valence-electron chi connectivity index (χ1n) is 4.86. The van der Waals surface area contributed by atoms with E-state index in [4.69, 9.17) is 12.0 Å². The van der Waals surface area contributed by atoms with E-state index in [1.54, 1.807) is 6.20 Å². The molecule has 1 heterocycles. The molecule has 0 atom stereocenters. The second-order valence-corrected chi connectivity index (χ2v) is 4.50. The van der Waals surface area contributed by atoms with Crippen molar-refractivity contribution in [1.82, 2.24) is 15.0 Å². The number of hydrogen-bond donors (Lipinski definition) is 3. The number of imidazole rings is 1. The van der Waals surface area contributed by atoms with Gasteiger partial charge in [0.25, 0.3) is 5.96 Å². The van der Waals surface area contributed by atoms with Gasteiger partial charge in [0.05, 0.1) is 6.20 Å². The highest BCUT2D eigenvalue weighted by molar-refractivity contribution is 5.89. The fraction of sp³-hybridized carbons (Fsp3) is 0.500. The van der Waals surface area contributed by atoms with Crippen molar-refractivity contribution in [1.29, 1.82) is 5.41 Å². The summed E-state index contributed by atoms with van der Waals surface area (Å²) in [6.07, 6.45) is 1.77. The molecule has 0 aromatic carbocycles. The molecule has 0 saturated carbocycles. The Kier molecular flexibility index (Phi) is 3.18. The topological polar surface area (TPSA) is 70.1 Å². The van der Waals surface area contributed by atoms with Crippen molar-refractivity contribution < 1.29 is 0 Å². The number of anilines is 1. The van der Waals surface area contributed by atoms with Crippen LogP contribution in [-0.4, -0.2) is 15.5 Å². The summed E-state index contributed by atoms with van der Waals surface area (Å²) in [7, 11) is 1.88. The molecular weight excluding hydrogens is 204 g/mol. The van der Waals surface area contributed by atoms with E-state index in [9.17, 15) is 0 Å². The van der Waals surface area contributed by atoms with E-state index in [0.717, 1.165) is 5.69 Å². The van der Waals surface area contributed by atoms with E-state index in [1.807, 2.05) is 11.6 Å². The normalized spacial score (nSPS) is 10.7. The van der Waals surface area contributed by atoms with Gasteiger partial charge in [-0.15, -0.1) is 0 Å². The Hall–Kier alpha value is -2.03. The summed E-state index contributed by atoms with van der Waals surface area (Å²) in [5.74, 6) is 0.468. The lowest BCUT2D eigenvalue weighted by Crippen LogP contribution is -2.26. The summed E-state index contributed by atoms with van der Waals surface area (Å²) in [4.78, 5) is 7.07. The first-order valence-corrected chi connectivity index (χ1v) is 4.86. The number of nitrogens with one attached hydrogen (secondary N) is 3. The maximum Gasteiger partial charge on any atom is 0.266 e. The summed E-state index contributed by atoms with van der Waals surface area (Å²) in [6, 6.07) is 0. The van der Waals surface area contributed by atoms with Crippen molar-refractivity contribution in [2.45, 2.75) is 26.2 Å². The van der Waals surface area contributed by atoms with Crippen LogP contribution in [0.2, 0.25) is 0 Å². The quantitative estimate of drug-likeness (QED) is 0.290. The summed E-state index contributed by atoms with van der Waals surface area (Å²) in [5.41, 5.74) is 3.24. The van der Waals surface area contributed by atoms with Gasteiger partial charge in [0.1, 0.15) is 0 Å². The van der Waals surface area contributed by atoms with Crippen LogP contribution in [0.25, 0.3) is 4.95 Å². The third kappa shape index (κ3) is 2.51. The fourth-order valence-corrected chi connectivity index (χ4v) is 1.42. The molecule has 6 heteroatoms. The highest BCUT2D eigenvalue weighted by Gasteiger charge is 2.20. The average molecular weight is 220 g/mol. The van der Waals surface area contributed by atoms with Crippen molar-refractivity contribution in [2.24, 2.45) is 7.05 Å². The predicted octanol–water partition coefficient (Wildman–Crippen LogP) is 1.49. The Morgan fingerprint density at radius 2 is 2.19 bits per heavy atom. The van der Waals surface area contributed by atoms with Gasteiger partial charge in [0, 0.05) is 18.2 Å². The van der Waals surface area contributed by atoms with Crippen LogP contribution in [0, 0.1) is 12.0 Å². The van der Waals surface area contributed by atoms with Gasteiger partial charge >= 0.3 is 0 Å². The lowest BCUT2D eigenvalue weighted by molar-refractivity contribution is 0.544. The van der Waals surface area contributed by atoms with Gasteiger partial charge < -0.3 is 4.57 Å². The standard InChI is InChI=1S/C10H16N6/c1-10(2,3)7-6-13-9(16(7)5)14-8(11)15-12-4/h6H,1-3,5H3,(H3,11,13,14,15). The van der Waals surface area contributed by atoms with Crippen LogP contribution >= 0.6 is 0 Å².